The lowest BCUT2D eigenvalue weighted by atomic mass is 9.33. The third kappa shape index (κ3) is 7.76. The Hall–Kier alpha value is -6.36. The lowest BCUT2D eigenvalue weighted by molar-refractivity contribution is 0.332. The highest BCUT2D eigenvalue weighted by molar-refractivity contribution is 7.26. The maximum absolute atomic E-state index is 2.74. The molecule has 0 atom stereocenters. The second kappa shape index (κ2) is 16.8. The normalized spacial score (nSPS) is 17.7. The molecule has 77 heavy (non-hydrogen) atoms. The van der Waals surface area contributed by atoms with Gasteiger partial charge in [-0.1, -0.05) is 188 Å². The summed E-state index contributed by atoms with van der Waals surface area (Å²) in [6, 6.07) is 58.0. The number of hydrogen-bond donors (Lipinski definition) is 0. The van der Waals surface area contributed by atoms with Crippen molar-refractivity contribution in [1.29, 1.82) is 0 Å². The lowest BCUT2D eigenvalue weighted by Gasteiger charge is -2.48. The van der Waals surface area contributed by atoms with Gasteiger partial charge in [0.05, 0.1) is 5.69 Å². The zero-order chi connectivity index (χ0) is 54.1. The molecule has 13 rings (SSSR count). The van der Waals surface area contributed by atoms with E-state index in [0.29, 0.717) is 0 Å². The van der Waals surface area contributed by atoms with E-state index in [9.17, 15) is 0 Å². The van der Waals surface area contributed by atoms with Gasteiger partial charge in [-0.15, -0.1) is 11.3 Å². The molecule has 388 valence electrons. The summed E-state index contributed by atoms with van der Waals surface area (Å²) in [7, 11) is 0. The molecule has 0 bridgehead atoms. The summed E-state index contributed by atoms with van der Waals surface area (Å²) < 4.78 is 2.69. The van der Waals surface area contributed by atoms with Gasteiger partial charge in [0.1, 0.15) is 0 Å². The Morgan fingerprint density at radius 2 is 1.04 bits per heavy atom. The molecule has 0 amide bonds. The van der Waals surface area contributed by atoms with Gasteiger partial charge in [0.15, 0.2) is 0 Å². The number of nitrogens with zero attached hydrogens (tertiary/aromatic N) is 2. The minimum absolute atomic E-state index is 0.0152. The molecular weight excluding hydrogens is 948 g/mol. The molecule has 2 aliphatic heterocycles. The molecule has 9 aromatic rings. The van der Waals surface area contributed by atoms with Crippen molar-refractivity contribution in [2.24, 2.45) is 0 Å². The van der Waals surface area contributed by atoms with Crippen LogP contribution in [-0.2, 0) is 32.5 Å². The van der Waals surface area contributed by atoms with E-state index >= 15 is 0 Å². The number of hydrogen-bond acceptors (Lipinski definition) is 3. The quantitative estimate of drug-likeness (QED) is 0.162. The molecule has 0 fully saturated rings. The average molecular weight is 1030 g/mol. The first-order valence-corrected chi connectivity index (χ1v) is 29.5. The first kappa shape index (κ1) is 50.2. The Labute approximate surface area is 464 Å². The summed E-state index contributed by atoms with van der Waals surface area (Å²) in [5, 5.41) is 2.77. The van der Waals surface area contributed by atoms with E-state index in [1.807, 2.05) is 11.3 Å². The monoisotopic (exact) mass is 1020 g/mol. The highest BCUT2D eigenvalue weighted by atomic mass is 32.1. The van der Waals surface area contributed by atoms with Crippen LogP contribution >= 0.6 is 11.3 Å². The molecule has 0 radical (unpaired) electrons. The van der Waals surface area contributed by atoms with Crippen molar-refractivity contribution in [1.82, 2.24) is 0 Å². The summed E-state index contributed by atoms with van der Waals surface area (Å²) in [5.41, 5.74) is 26.8. The Bertz CT molecular complexity index is 3920. The van der Waals surface area contributed by atoms with Crippen LogP contribution in [-0.4, -0.2) is 6.71 Å². The fourth-order valence-corrected chi connectivity index (χ4v) is 15.5. The average Bonchev–Trinajstić information content (AvgIpc) is 3.78. The van der Waals surface area contributed by atoms with Gasteiger partial charge in [0.2, 0.25) is 0 Å². The first-order chi connectivity index (χ1) is 36.3. The fraction of sp³-hybridized carbons (Fsp3) is 0.342. The second-order valence-corrected chi connectivity index (χ2v) is 29.4. The smallest absolute Gasteiger partial charge is 0.252 e. The molecular formula is C73H77BN2S. The van der Waals surface area contributed by atoms with E-state index in [0.717, 1.165) is 19.3 Å². The maximum atomic E-state index is 2.74. The number of thiophene rings is 1. The molecule has 2 nitrogen and oxygen atoms in total. The van der Waals surface area contributed by atoms with Crippen molar-refractivity contribution < 1.29 is 0 Å². The predicted molar refractivity (Wildman–Crippen MR) is 337 cm³/mol. The summed E-state index contributed by atoms with van der Waals surface area (Å²) in [6.45, 7) is 36.3. The Kier molecular flexibility index (Phi) is 11.0. The van der Waals surface area contributed by atoms with Gasteiger partial charge in [-0.25, -0.2) is 0 Å². The van der Waals surface area contributed by atoms with Crippen LogP contribution < -0.4 is 26.2 Å². The summed E-state index contributed by atoms with van der Waals surface area (Å²) in [5.74, 6) is 0. The van der Waals surface area contributed by atoms with Gasteiger partial charge < -0.3 is 9.80 Å². The van der Waals surface area contributed by atoms with Crippen LogP contribution in [0, 0.1) is 6.92 Å². The Morgan fingerprint density at radius 1 is 0.442 bits per heavy atom. The predicted octanol–water partition coefficient (Wildman–Crippen LogP) is 19.1. The first-order valence-electron chi connectivity index (χ1n) is 28.7. The summed E-state index contributed by atoms with van der Waals surface area (Å²) >= 11 is 1.95. The molecule has 0 N–H and O–H groups in total. The second-order valence-electron chi connectivity index (χ2n) is 28.4. The zero-order valence-corrected chi connectivity index (χ0v) is 49.4. The third-order valence-corrected chi connectivity index (χ3v) is 20.3. The van der Waals surface area contributed by atoms with Gasteiger partial charge >= 0.3 is 0 Å². The van der Waals surface area contributed by atoms with Crippen molar-refractivity contribution >= 4 is 88.7 Å². The molecule has 0 unspecified atom stereocenters. The van der Waals surface area contributed by atoms with E-state index in [-0.39, 0.29) is 39.2 Å². The molecule has 2 aliphatic carbocycles. The minimum Gasteiger partial charge on any atom is -0.311 e. The van der Waals surface area contributed by atoms with Gasteiger partial charge in [-0.2, -0.15) is 0 Å². The highest BCUT2D eigenvalue weighted by Gasteiger charge is 2.48. The number of anilines is 6. The number of rotatable bonds is 4. The van der Waals surface area contributed by atoms with Crippen LogP contribution in [0.5, 0.6) is 0 Å². The van der Waals surface area contributed by atoms with Gasteiger partial charge in [-0.3, -0.25) is 0 Å². The topological polar surface area (TPSA) is 6.48 Å². The van der Waals surface area contributed by atoms with Crippen molar-refractivity contribution in [2.75, 3.05) is 9.80 Å². The Morgan fingerprint density at radius 3 is 1.70 bits per heavy atom. The van der Waals surface area contributed by atoms with E-state index in [4.69, 9.17) is 0 Å². The molecule has 0 spiro atoms. The summed E-state index contributed by atoms with van der Waals surface area (Å²) in [6.07, 6.45) is 4.66. The third-order valence-electron chi connectivity index (χ3n) is 19.2. The molecule has 4 heteroatoms. The van der Waals surface area contributed by atoms with Crippen LogP contribution in [0.25, 0.3) is 42.4 Å². The molecule has 0 saturated carbocycles. The number of fused-ring (bicyclic) bond motifs is 9. The molecule has 0 saturated heterocycles. The van der Waals surface area contributed by atoms with Crippen LogP contribution in [0.2, 0.25) is 0 Å². The molecule has 3 heterocycles. The molecule has 1 aromatic heterocycles. The zero-order valence-electron chi connectivity index (χ0n) is 48.6. The van der Waals surface area contributed by atoms with Crippen molar-refractivity contribution in [3.05, 3.63) is 185 Å². The standard InChI is InChI=1S/C73H77BN2S/c1-44-22-19-20-25-49(44)46-36-62-67-63(37-46)76(59-31-28-47(68(2,3)4)38-50(59)45-23-17-16-18-24-45)61-43-65-51(66-53(69(5,6)7)26-21-27-64(66)77-65)40-57(61)74(67)58-41-55-56(73(14,15)35-34-72(55,12)13)42-60(58)75(62)48-29-30-52-54(39-48)71(10,11)33-32-70(52,8)9/h16-31,36-43H,32-35H2,1-15H3. The van der Waals surface area contributed by atoms with E-state index in [1.165, 1.54) is 138 Å². The lowest BCUT2D eigenvalue weighted by Crippen LogP contribution is -2.62. The SMILES string of the molecule is Cc1ccccc1-c1cc2c3c(c1)N(c1ccc(C(C)(C)C)cc1-c1ccccc1)c1cc4sc5cccc(C(C)(C)C)c5c4cc1B3c1cc3c(cc1N2c1ccc2c(c1)C(C)(C)CCC2(C)C)C(C)(C)CCC3(C)C. The Balaban J connectivity index is 1.23. The minimum atomic E-state index is -0.0464. The number of aryl methyl sites for hydroxylation is 1. The molecule has 8 aromatic carbocycles. The van der Waals surface area contributed by atoms with Crippen molar-refractivity contribution in [2.45, 2.75) is 162 Å². The van der Waals surface area contributed by atoms with E-state index in [2.05, 4.69) is 259 Å². The maximum Gasteiger partial charge on any atom is 0.252 e. The number of benzene rings is 8. The van der Waals surface area contributed by atoms with Crippen LogP contribution in [0.15, 0.2) is 146 Å². The van der Waals surface area contributed by atoms with Crippen LogP contribution in [0.3, 0.4) is 0 Å². The van der Waals surface area contributed by atoms with Gasteiger partial charge in [0, 0.05) is 54.2 Å². The highest BCUT2D eigenvalue weighted by Crippen LogP contribution is 2.55. The molecule has 4 aliphatic rings. The van der Waals surface area contributed by atoms with Crippen LogP contribution in [0.1, 0.15) is 162 Å². The largest absolute Gasteiger partial charge is 0.311 e. The van der Waals surface area contributed by atoms with Crippen LogP contribution in [0.4, 0.5) is 34.1 Å². The van der Waals surface area contributed by atoms with Crippen molar-refractivity contribution in [3.63, 3.8) is 0 Å². The van der Waals surface area contributed by atoms with Gasteiger partial charge in [0.25, 0.3) is 6.71 Å². The van der Waals surface area contributed by atoms with E-state index < -0.39 is 0 Å². The van der Waals surface area contributed by atoms with E-state index in [1.54, 1.807) is 0 Å². The summed E-state index contributed by atoms with van der Waals surface area (Å²) in [4.78, 5) is 5.45. The van der Waals surface area contributed by atoms with Crippen molar-refractivity contribution in [3.8, 4) is 22.3 Å². The fourth-order valence-electron chi connectivity index (χ4n) is 14.4. The van der Waals surface area contributed by atoms with Gasteiger partial charge in [-0.05, 0) is 192 Å².